The number of primary amides is 1. The zero-order chi connectivity index (χ0) is 27.7. The van der Waals surface area contributed by atoms with E-state index in [9.17, 15) is 19.2 Å². The Morgan fingerprint density at radius 2 is 1.50 bits per heavy atom. The predicted molar refractivity (Wildman–Crippen MR) is 145 cm³/mol. The van der Waals surface area contributed by atoms with Crippen molar-refractivity contribution >= 4 is 23.8 Å². The minimum absolute atomic E-state index is 0.00917. The van der Waals surface area contributed by atoms with Crippen LogP contribution in [0.1, 0.15) is 63.5 Å². The van der Waals surface area contributed by atoms with Gasteiger partial charge in [-0.2, -0.15) is 0 Å². The smallest absolute Gasteiger partial charge is 0.407 e. The number of benzene rings is 2. The van der Waals surface area contributed by atoms with Crippen molar-refractivity contribution in [3.05, 3.63) is 59.7 Å². The number of carbonyl (C=O) groups excluding carboxylic acids is 4. The van der Waals surface area contributed by atoms with E-state index >= 15 is 0 Å². The number of rotatable bonds is 13. The summed E-state index contributed by atoms with van der Waals surface area (Å²) in [5.41, 5.74) is 10.1. The van der Waals surface area contributed by atoms with E-state index in [1.54, 1.807) is 0 Å². The normalized spacial score (nSPS) is 13.7. The van der Waals surface area contributed by atoms with Gasteiger partial charge in [-0.3, -0.25) is 14.4 Å². The van der Waals surface area contributed by atoms with E-state index < -0.39 is 30.0 Å². The number of hydrogen-bond acceptors (Lipinski definition) is 5. The van der Waals surface area contributed by atoms with Crippen molar-refractivity contribution in [1.82, 2.24) is 16.0 Å². The molecule has 2 aromatic rings. The van der Waals surface area contributed by atoms with Crippen molar-refractivity contribution in [2.45, 2.75) is 64.5 Å². The van der Waals surface area contributed by atoms with Crippen LogP contribution >= 0.6 is 0 Å². The molecule has 0 fully saturated rings. The zero-order valence-electron chi connectivity index (χ0n) is 22.3. The lowest BCUT2D eigenvalue weighted by molar-refractivity contribution is -0.131. The highest BCUT2D eigenvalue weighted by molar-refractivity contribution is 5.91. The predicted octanol–water partition coefficient (Wildman–Crippen LogP) is 3.22. The minimum Gasteiger partial charge on any atom is -0.449 e. The van der Waals surface area contributed by atoms with Crippen LogP contribution in [0.4, 0.5) is 4.79 Å². The van der Waals surface area contributed by atoms with Gasteiger partial charge < -0.3 is 26.4 Å². The maximum atomic E-state index is 12.6. The molecule has 3 rings (SSSR count). The fraction of sp³-hybridized carbons (Fsp3) is 0.448. The molecule has 1 aliphatic carbocycles. The Bertz CT molecular complexity index is 1100. The Hall–Kier alpha value is -3.88. The second kappa shape index (κ2) is 13.6. The third-order valence-corrected chi connectivity index (χ3v) is 6.59. The average Bonchev–Trinajstić information content (AvgIpc) is 3.19. The van der Waals surface area contributed by atoms with Gasteiger partial charge in [0, 0.05) is 19.4 Å². The van der Waals surface area contributed by atoms with Crippen LogP contribution < -0.4 is 21.7 Å². The van der Waals surface area contributed by atoms with Crippen LogP contribution in [0, 0.1) is 5.92 Å². The van der Waals surface area contributed by atoms with E-state index in [0.29, 0.717) is 32.2 Å². The molecule has 0 aromatic heterocycles. The van der Waals surface area contributed by atoms with Gasteiger partial charge in [0.2, 0.25) is 17.7 Å². The van der Waals surface area contributed by atoms with Crippen LogP contribution in [-0.2, 0) is 19.1 Å². The van der Waals surface area contributed by atoms with E-state index in [-0.39, 0.29) is 24.3 Å². The summed E-state index contributed by atoms with van der Waals surface area (Å²) < 4.78 is 5.53. The SMILES string of the molecule is CC(=O)N[C@@H](CC(C)C)C(=O)N[C@@H](CCCCNC(=O)OCC1c2ccccc2-c2ccccc21)C(N)=O. The van der Waals surface area contributed by atoms with Crippen molar-refractivity contribution < 1.29 is 23.9 Å². The summed E-state index contributed by atoms with van der Waals surface area (Å²) in [6.45, 7) is 5.82. The summed E-state index contributed by atoms with van der Waals surface area (Å²) in [7, 11) is 0. The van der Waals surface area contributed by atoms with Crippen LogP contribution in [0.15, 0.2) is 48.5 Å². The number of hydrogen-bond donors (Lipinski definition) is 4. The molecule has 204 valence electrons. The Balaban J connectivity index is 1.41. The highest BCUT2D eigenvalue weighted by Crippen LogP contribution is 2.44. The number of nitrogens with two attached hydrogens (primary N) is 1. The van der Waals surface area contributed by atoms with E-state index in [2.05, 4.69) is 40.2 Å². The molecular formula is C29H38N4O5. The van der Waals surface area contributed by atoms with Gasteiger partial charge in [-0.25, -0.2) is 4.79 Å². The van der Waals surface area contributed by atoms with Gasteiger partial charge in [-0.1, -0.05) is 62.4 Å². The van der Waals surface area contributed by atoms with Gasteiger partial charge in [-0.15, -0.1) is 0 Å². The van der Waals surface area contributed by atoms with Crippen LogP contribution in [0.3, 0.4) is 0 Å². The second-order valence-corrected chi connectivity index (χ2v) is 10.1. The second-order valence-electron chi connectivity index (χ2n) is 10.1. The molecule has 0 bridgehead atoms. The molecule has 5 N–H and O–H groups in total. The first kappa shape index (κ1) is 28.7. The first-order chi connectivity index (χ1) is 18.2. The first-order valence-corrected chi connectivity index (χ1v) is 13.1. The molecule has 9 heteroatoms. The fourth-order valence-corrected chi connectivity index (χ4v) is 4.82. The number of fused-ring (bicyclic) bond motifs is 3. The van der Waals surface area contributed by atoms with Crippen LogP contribution in [-0.4, -0.2) is 49.1 Å². The molecule has 4 amide bonds. The number of alkyl carbamates (subject to hydrolysis) is 1. The number of nitrogens with one attached hydrogen (secondary N) is 3. The summed E-state index contributed by atoms with van der Waals surface area (Å²) >= 11 is 0. The molecular weight excluding hydrogens is 484 g/mol. The summed E-state index contributed by atoms with van der Waals surface area (Å²) in [6.07, 6.45) is 1.39. The Morgan fingerprint density at radius 1 is 0.895 bits per heavy atom. The van der Waals surface area contributed by atoms with Gasteiger partial charge in [-0.05, 0) is 53.9 Å². The van der Waals surface area contributed by atoms with Crippen LogP contribution in [0.2, 0.25) is 0 Å². The molecule has 2 aromatic carbocycles. The fourth-order valence-electron chi connectivity index (χ4n) is 4.82. The molecule has 38 heavy (non-hydrogen) atoms. The topological polar surface area (TPSA) is 140 Å². The molecule has 0 spiro atoms. The highest BCUT2D eigenvalue weighted by atomic mass is 16.5. The first-order valence-electron chi connectivity index (χ1n) is 13.1. The molecule has 2 atom stereocenters. The number of amides is 4. The lowest BCUT2D eigenvalue weighted by Gasteiger charge is -2.22. The van der Waals surface area contributed by atoms with Crippen molar-refractivity contribution in [3.63, 3.8) is 0 Å². The van der Waals surface area contributed by atoms with Crippen molar-refractivity contribution in [2.75, 3.05) is 13.2 Å². The summed E-state index contributed by atoms with van der Waals surface area (Å²) in [4.78, 5) is 48.3. The Kier molecular flexibility index (Phi) is 10.3. The van der Waals surface area contributed by atoms with Gasteiger partial charge >= 0.3 is 6.09 Å². The quantitative estimate of drug-likeness (QED) is 0.299. The van der Waals surface area contributed by atoms with Crippen molar-refractivity contribution in [1.29, 1.82) is 0 Å². The Labute approximate surface area is 223 Å². The van der Waals surface area contributed by atoms with E-state index in [4.69, 9.17) is 10.5 Å². The van der Waals surface area contributed by atoms with Gasteiger partial charge in [0.15, 0.2) is 0 Å². The number of ether oxygens (including phenoxy) is 1. The molecule has 0 saturated heterocycles. The average molecular weight is 523 g/mol. The standard InChI is InChI=1S/C29H38N4O5/c1-18(2)16-26(32-19(3)34)28(36)33-25(27(30)35)14-8-9-15-31-29(37)38-17-24-22-12-6-4-10-20(22)21-11-5-7-13-23(21)24/h4-7,10-13,18,24-26H,8-9,14-17H2,1-3H3,(H2,30,35)(H,31,37)(H,32,34)(H,33,36)/t25-,26-/m0/s1. The minimum atomic E-state index is -0.861. The van der Waals surface area contributed by atoms with Gasteiger partial charge in [0.05, 0.1) is 0 Å². The van der Waals surface area contributed by atoms with Crippen molar-refractivity contribution in [3.8, 4) is 11.1 Å². The Morgan fingerprint density at radius 3 is 2.05 bits per heavy atom. The molecule has 0 radical (unpaired) electrons. The van der Waals surface area contributed by atoms with Crippen LogP contribution in [0.25, 0.3) is 11.1 Å². The van der Waals surface area contributed by atoms with E-state index in [1.807, 2.05) is 38.1 Å². The molecule has 0 heterocycles. The summed E-state index contributed by atoms with van der Waals surface area (Å²) in [6, 6.07) is 14.7. The number of unbranched alkanes of at least 4 members (excludes halogenated alkanes) is 1. The lowest BCUT2D eigenvalue weighted by atomic mass is 9.98. The third kappa shape index (κ3) is 7.81. The molecule has 0 saturated carbocycles. The van der Waals surface area contributed by atoms with Gasteiger partial charge in [0.25, 0.3) is 0 Å². The van der Waals surface area contributed by atoms with E-state index in [0.717, 1.165) is 11.1 Å². The summed E-state index contributed by atoms with van der Waals surface area (Å²) in [5.74, 6) is -1.23. The maximum Gasteiger partial charge on any atom is 0.407 e. The van der Waals surface area contributed by atoms with Crippen molar-refractivity contribution in [2.24, 2.45) is 11.7 Å². The monoisotopic (exact) mass is 522 g/mol. The molecule has 9 nitrogen and oxygen atoms in total. The lowest BCUT2D eigenvalue weighted by Crippen LogP contribution is -2.53. The highest BCUT2D eigenvalue weighted by Gasteiger charge is 2.29. The molecule has 0 unspecified atom stereocenters. The maximum absolute atomic E-state index is 12.6. The van der Waals surface area contributed by atoms with Gasteiger partial charge in [0.1, 0.15) is 18.7 Å². The van der Waals surface area contributed by atoms with E-state index in [1.165, 1.54) is 18.1 Å². The number of carbonyl (C=O) groups is 4. The zero-order valence-corrected chi connectivity index (χ0v) is 22.3. The molecule has 0 aliphatic heterocycles. The summed E-state index contributed by atoms with van der Waals surface area (Å²) in [5, 5.41) is 8.02. The molecule has 1 aliphatic rings. The third-order valence-electron chi connectivity index (χ3n) is 6.59. The largest absolute Gasteiger partial charge is 0.449 e. The van der Waals surface area contributed by atoms with Crippen LogP contribution in [0.5, 0.6) is 0 Å².